The van der Waals surface area contributed by atoms with Crippen LogP contribution >= 0.6 is 27.0 Å². The standard InChI is InChI=1S/C27H37NO3.C21H26O2.C6H11NO2.CH4.2H2S/c1-27(2,3)22-10-13-23(14-11-22)31-24-12-9-20-16-19(7-8-21(20)17-24)18-28-15-5-6-25(28)26(29)30-4;1-21(2,3)18-7-10-19(11-8-18)23-20-9-6-16-12-15(14-22)4-5-17(16)13-20;1-9-6(8)5-3-2-4-7-5;;;/h7-9,12,16-17,22-23,25H,5-6,10-11,13-15,18H2,1-4H3;4-6,9,12-14,18-19H,7-8,10-11H2,1-3H3;5,7H,2-4H2,1H3;1H4;2*1H2. The van der Waals surface area contributed by atoms with Gasteiger partial charge in [0, 0.05) is 12.1 Å². The number of carbonyl (C=O) groups excluding carboxylic acids is 3. The van der Waals surface area contributed by atoms with Crippen LogP contribution in [0.5, 0.6) is 11.5 Å². The average Bonchev–Trinajstić information content (AvgIpc) is 4.00. The fourth-order valence-corrected chi connectivity index (χ4v) is 9.99. The predicted octanol–water partition coefficient (Wildman–Crippen LogP) is 12.4. The molecule has 9 nitrogen and oxygen atoms in total. The van der Waals surface area contributed by atoms with E-state index in [0.717, 1.165) is 111 Å². The van der Waals surface area contributed by atoms with Gasteiger partial charge in [-0.25, -0.2) is 0 Å². The van der Waals surface area contributed by atoms with E-state index < -0.39 is 0 Å². The van der Waals surface area contributed by atoms with Crippen molar-refractivity contribution >= 4 is 66.8 Å². The molecule has 4 fully saturated rings. The zero-order valence-electron chi connectivity index (χ0n) is 40.4. The van der Waals surface area contributed by atoms with E-state index in [1.54, 1.807) is 0 Å². The molecule has 0 amide bonds. The molecule has 2 saturated carbocycles. The van der Waals surface area contributed by atoms with Crippen LogP contribution in [0.2, 0.25) is 0 Å². The minimum Gasteiger partial charge on any atom is -0.490 e. The highest BCUT2D eigenvalue weighted by atomic mass is 32.1. The van der Waals surface area contributed by atoms with Crippen LogP contribution in [-0.4, -0.2) is 74.7 Å². The first-order valence-corrected chi connectivity index (χ1v) is 23.6. The number of aldehydes is 1. The highest BCUT2D eigenvalue weighted by molar-refractivity contribution is 7.59. The van der Waals surface area contributed by atoms with E-state index in [1.165, 1.54) is 56.2 Å². The Balaban J connectivity index is 0.000000291. The zero-order chi connectivity index (χ0) is 45.1. The van der Waals surface area contributed by atoms with Crippen LogP contribution in [0.1, 0.15) is 142 Å². The topological polar surface area (TPSA) is 103 Å². The second kappa shape index (κ2) is 26.1. The molecule has 4 aromatic carbocycles. The normalized spacial score (nSPS) is 23.0. The van der Waals surface area contributed by atoms with E-state index >= 15 is 0 Å². The third kappa shape index (κ3) is 15.9. The predicted molar refractivity (Wildman–Crippen MR) is 281 cm³/mol. The van der Waals surface area contributed by atoms with Gasteiger partial charge in [0.05, 0.1) is 26.4 Å². The van der Waals surface area contributed by atoms with E-state index in [4.69, 9.17) is 14.2 Å². The highest BCUT2D eigenvalue weighted by Crippen LogP contribution is 2.40. The molecule has 1 N–H and O–H groups in total. The summed E-state index contributed by atoms with van der Waals surface area (Å²) in [6, 6.07) is 24.8. The minimum absolute atomic E-state index is 0. The molecule has 4 aliphatic rings. The second-order valence-corrected chi connectivity index (χ2v) is 20.5. The molecule has 11 heteroatoms. The first-order chi connectivity index (χ1) is 30.1. The van der Waals surface area contributed by atoms with Crippen LogP contribution in [0.4, 0.5) is 0 Å². The second-order valence-electron chi connectivity index (χ2n) is 20.5. The number of methoxy groups -OCH3 is 2. The molecule has 0 radical (unpaired) electrons. The third-order valence-corrected chi connectivity index (χ3v) is 14.0. The van der Waals surface area contributed by atoms with Crippen LogP contribution < -0.4 is 14.8 Å². The molecule has 2 aliphatic heterocycles. The largest absolute Gasteiger partial charge is 0.490 e. The number of nitrogens with one attached hydrogen (secondary N) is 1. The smallest absolute Gasteiger partial charge is 0.323 e. The van der Waals surface area contributed by atoms with Crippen LogP contribution in [0, 0.1) is 22.7 Å². The van der Waals surface area contributed by atoms with Crippen molar-refractivity contribution in [3.63, 3.8) is 0 Å². The lowest BCUT2D eigenvalue weighted by atomic mass is 9.72. The Hall–Kier alpha value is -3.77. The summed E-state index contributed by atoms with van der Waals surface area (Å²) in [5, 5.41) is 7.66. The molecule has 2 atom stereocenters. The van der Waals surface area contributed by atoms with Crippen molar-refractivity contribution in [2.45, 2.75) is 157 Å². The van der Waals surface area contributed by atoms with Gasteiger partial charge in [-0.1, -0.05) is 85.4 Å². The lowest BCUT2D eigenvalue weighted by Crippen LogP contribution is -2.36. The van der Waals surface area contributed by atoms with Crippen molar-refractivity contribution < 1.29 is 33.3 Å². The zero-order valence-corrected chi connectivity index (χ0v) is 42.4. The maximum Gasteiger partial charge on any atom is 0.323 e. The Bertz CT molecular complexity index is 2130. The van der Waals surface area contributed by atoms with Crippen molar-refractivity contribution in [3.8, 4) is 11.5 Å². The third-order valence-electron chi connectivity index (χ3n) is 14.0. The van der Waals surface area contributed by atoms with Crippen molar-refractivity contribution in [1.29, 1.82) is 0 Å². The summed E-state index contributed by atoms with van der Waals surface area (Å²) in [7, 11) is 2.90. The van der Waals surface area contributed by atoms with E-state index in [0.29, 0.717) is 28.6 Å². The lowest BCUT2D eigenvalue weighted by molar-refractivity contribution is -0.146. The van der Waals surface area contributed by atoms with Gasteiger partial charge in [-0.15, -0.1) is 0 Å². The quantitative estimate of drug-likeness (QED) is 0.130. The van der Waals surface area contributed by atoms with Crippen LogP contribution in [0.15, 0.2) is 72.8 Å². The molecule has 366 valence electrons. The Labute approximate surface area is 410 Å². The van der Waals surface area contributed by atoms with Crippen molar-refractivity contribution in [3.05, 3.63) is 83.9 Å². The van der Waals surface area contributed by atoms with E-state index in [1.807, 2.05) is 30.3 Å². The molecule has 66 heavy (non-hydrogen) atoms. The van der Waals surface area contributed by atoms with Crippen molar-refractivity contribution in [1.82, 2.24) is 10.2 Å². The summed E-state index contributed by atoms with van der Waals surface area (Å²) in [6.45, 7) is 16.8. The number of benzene rings is 4. The Morgan fingerprint density at radius 1 is 0.621 bits per heavy atom. The molecule has 4 aromatic rings. The minimum atomic E-state index is -0.132. The summed E-state index contributed by atoms with van der Waals surface area (Å²) < 4.78 is 22.1. The summed E-state index contributed by atoms with van der Waals surface area (Å²) in [4.78, 5) is 35.8. The van der Waals surface area contributed by atoms with Crippen LogP contribution in [0.3, 0.4) is 0 Å². The van der Waals surface area contributed by atoms with Gasteiger partial charge >= 0.3 is 11.9 Å². The van der Waals surface area contributed by atoms with Gasteiger partial charge in [0.25, 0.3) is 0 Å². The number of nitrogens with zero attached hydrogens (tertiary/aromatic N) is 1. The Morgan fingerprint density at radius 3 is 1.58 bits per heavy atom. The van der Waals surface area contributed by atoms with Gasteiger partial charge < -0.3 is 24.3 Å². The summed E-state index contributed by atoms with van der Waals surface area (Å²) in [5.41, 5.74) is 2.76. The van der Waals surface area contributed by atoms with Crippen molar-refractivity contribution in [2.75, 3.05) is 27.3 Å². The summed E-state index contributed by atoms with van der Waals surface area (Å²) in [6.07, 6.45) is 15.1. The van der Waals surface area contributed by atoms with Gasteiger partial charge in [0.2, 0.25) is 0 Å². The molecule has 0 spiro atoms. The van der Waals surface area contributed by atoms with Gasteiger partial charge in [0.1, 0.15) is 29.9 Å². The SMILES string of the molecule is C.CC(C)(C)C1CCC(Oc2ccc3cc(C=O)ccc3c2)CC1.COC(=O)C1CCCN1.COC(=O)C1CCCN1Cc1ccc2cc(OC3CCC(C(C)(C)C)CC3)ccc2c1.S.S. The van der Waals surface area contributed by atoms with Crippen molar-refractivity contribution in [2.24, 2.45) is 22.7 Å². The number of likely N-dealkylation sites (tertiary alicyclic amines) is 1. The van der Waals surface area contributed by atoms with Gasteiger partial charge in [-0.2, -0.15) is 27.0 Å². The first-order valence-electron chi connectivity index (χ1n) is 23.6. The first kappa shape index (κ1) is 56.6. The van der Waals surface area contributed by atoms with Crippen LogP contribution in [-0.2, 0) is 25.6 Å². The van der Waals surface area contributed by atoms with E-state index in [9.17, 15) is 14.4 Å². The number of hydrogen-bond acceptors (Lipinski definition) is 9. The van der Waals surface area contributed by atoms with Gasteiger partial charge in [-0.05, 0) is 176 Å². The molecular formula is C55H82N2O7S2. The molecular weight excluding hydrogens is 865 g/mol. The van der Waals surface area contributed by atoms with Crippen LogP contribution in [0.25, 0.3) is 21.5 Å². The lowest BCUT2D eigenvalue weighted by Gasteiger charge is -2.37. The molecule has 2 aliphatic carbocycles. The van der Waals surface area contributed by atoms with E-state index in [2.05, 4.69) is 99.0 Å². The number of hydrogen-bond donors (Lipinski definition) is 1. The molecule has 2 heterocycles. The van der Waals surface area contributed by atoms with Gasteiger partial charge in [0.15, 0.2) is 0 Å². The van der Waals surface area contributed by atoms with Gasteiger partial charge in [-0.3, -0.25) is 19.3 Å². The Morgan fingerprint density at radius 2 is 1.11 bits per heavy atom. The fourth-order valence-electron chi connectivity index (χ4n) is 9.99. The number of rotatable bonds is 9. The highest BCUT2D eigenvalue weighted by Gasteiger charge is 2.33. The number of esters is 2. The monoisotopic (exact) mass is 947 g/mol. The Kier molecular flexibility index (Phi) is 22.4. The molecule has 2 saturated heterocycles. The summed E-state index contributed by atoms with van der Waals surface area (Å²) >= 11 is 0. The molecule has 2 unspecified atom stereocenters. The number of fused-ring (bicyclic) bond motifs is 2. The van der Waals surface area contributed by atoms with E-state index in [-0.39, 0.29) is 58.4 Å². The average molecular weight is 947 g/mol. The molecule has 0 bridgehead atoms. The maximum absolute atomic E-state index is 12.0. The summed E-state index contributed by atoms with van der Waals surface area (Å²) in [5.74, 6) is 3.28. The number of ether oxygens (including phenoxy) is 4. The number of carbonyl (C=O) groups is 3. The maximum atomic E-state index is 12.0. The molecule has 0 aromatic heterocycles. The molecule has 8 rings (SSSR count). The fraction of sp³-hybridized carbons (Fsp3) is 0.582.